The summed E-state index contributed by atoms with van der Waals surface area (Å²) in [5.41, 5.74) is 15.0. The Morgan fingerprint density at radius 2 is 1.55 bits per heavy atom. The molecular formula is C40H63N5O2. The van der Waals surface area contributed by atoms with Crippen molar-refractivity contribution in [3.05, 3.63) is 69.5 Å². The molecule has 1 saturated heterocycles. The number of benzene rings is 1. The molecule has 7 heteroatoms. The van der Waals surface area contributed by atoms with Crippen molar-refractivity contribution in [2.75, 3.05) is 31.9 Å². The summed E-state index contributed by atoms with van der Waals surface area (Å²) in [5, 5.41) is 8.13. The molecule has 0 bridgehead atoms. The van der Waals surface area contributed by atoms with E-state index in [-0.39, 0.29) is 11.8 Å². The molecule has 0 saturated carbocycles. The van der Waals surface area contributed by atoms with Gasteiger partial charge in [-0.3, -0.25) is 14.6 Å². The number of hydrogen-bond acceptors (Lipinski definition) is 5. The first-order valence-corrected chi connectivity index (χ1v) is 18.0. The minimum atomic E-state index is -0.0574. The van der Waals surface area contributed by atoms with Crippen LogP contribution in [0.25, 0.3) is 5.57 Å². The largest absolute Gasteiger partial charge is 0.398 e. The van der Waals surface area contributed by atoms with Crippen LogP contribution in [-0.4, -0.2) is 60.2 Å². The number of piperazine rings is 1. The van der Waals surface area contributed by atoms with Crippen molar-refractivity contribution < 1.29 is 9.59 Å². The van der Waals surface area contributed by atoms with Crippen LogP contribution in [0.15, 0.2) is 57.8 Å². The van der Waals surface area contributed by atoms with Gasteiger partial charge >= 0.3 is 0 Å². The molecule has 260 valence electrons. The number of nitrogens with zero attached hydrogens (tertiary/aromatic N) is 3. The average molecular weight is 646 g/mol. The van der Waals surface area contributed by atoms with E-state index in [1.165, 1.54) is 30.2 Å². The Labute approximate surface area is 286 Å². The minimum Gasteiger partial charge on any atom is -0.398 e. The number of hydrogen-bond donors (Lipinski definition) is 2. The Balaban J connectivity index is 0.00000171. The quantitative estimate of drug-likeness (QED) is 0.108. The number of allylic oxidation sites excluding steroid dienone is 5. The van der Waals surface area contributed by atoms with E-state index in [2.05, 4.69) is 46.8 Å². The summed E-state index contributed by atoms with van der Waals surface area (Å²) in [5.74, 6) is -0.0128. The lowest BCUT2D eigenvalue weighted by molar-refractivity contribution is -0.135. The van der Waals surface area contributed by atoms with Crippen LogP contribution in [-0.2, 0) is 9.59 Å². The number of nitrogens with one attached hydrogen (secondary N) is 1. The standard InChI is InChI=1S/C34H47N5O2.C4H10.C2H6/c1-6-9-13-28(27-14-10-11-15-29(27)33-24(4)16-17-31(36)30(33)22-35)32(12-7-2)37-23-26(8-3)34(41)39-20-18-38(19-21-39)25(5)40;1-3-4-2;1-2/h8,12-13,16-17,22-23,35H,6-7,9-11,14-15,18-21,36H2,1-5H3;3-4H2,1-2H3;1-2H3/b26-8+,28-13-,32-12+,35-22?,37-23-;;. The van der Waals surface area contributed by atoms with Gasteiger partial charge in [0, 0.05) is 56.8 Å². The first-order valence-electron chi connectivity index (χ1n) is 18.0. The fourth-order valence-corrected chi connectivity index (χ4v) is 5.68. The first kappa shape index (κ1) is 41.3. The van der Waals surface area contributed by atoms with Crippen LogP contribution in [0.1, 0.15) is 130 Å². The molecule has 0 spiro atoms. The highest BCUT2D eigenvalue weighted by molar-refractivity contribution is 6.12. The van der Waals surface area contributed by atoms with Crippen molar-refractivity contribution in [2.45, 2.75) is 120 Å². The van der Waals surface area contributed by atoms with Crippen LogP contribution in [0, 0.1) is 12.3 Å². The highest BCUT2D eigenvalue weighted by Crippen LogP contribution is 2.42. The van der Waals surface area contributed by atoms with Gasteiger partial charge in [0.25, 0.3) is 5.91 Å². The third-order valence-electron chi connectivity index (χ3n) is 8.45. The fraction of sp³-hybridized carbons (Fsp3) is 0.550. The van der Waals surface area contributed by atoms with Crippen molar-refractivity contribution in [1.82, 2.24) is 9.80 Å². The number of anilines is 1. The van der Waals surface area contributed by atoms with Gasteiger partial charge < -0.3 is 20.9 Å². The van der Waals surface area contributed by atoms with Crippen molar-refractivity contribution in [3.8, 4) is 0 Å². The third-order valence-corrected chi connectivity index (χ3v) is 8.45. The maximum atomic E-state index is 13.4. The van der Waals surface area contributed by atoms with E-state index in [1.807, 2.05) is 39.0 Å². The predicted molar refractivity (Wildman–Crippen MR) is 203 cm³/mol. The number of aliphatic imine (C=N–C) groups is 1. The molecule has 1 aliphatic heterocycles. The Morgan fingerprint density at radius 3 is 2.09 bits per heavy atom. The van der Waals surface area contributed by atoms with Gasteiger partial charge in [0.15, 0.2) is 0 Å². The van der Waals surface area contributed by atoms with Crippen molar-refractivity contribution >= 4 is 35.5 Å². The van der Waals surface area contributed by atoms with Gasteiger partial charge in [0.05, 0.1) is 11.3 Å². The Morgan fingerprint density at radius 1 is 0.936 bits per heavy atom. The molecule has 0 atom stereocenters. The van der Waals surface area contributed by atoms with Crippen LogP contribution in [0.5, 0.6) is 0 Å². The summed E-state index contributed by atoms with van der Waals surface area (Å²) >= 11 is 0. The van der Waals surface area contributed by atoms with Crippen LogP contribution in [0.3, 0.4) is 0 Å². The minimum absolute atomic E-state index is 0.0446. The number of aryl methyl sites for hydroxylation is 1. The van der Waals surface area contributed by atoms with E-state index in [4.69, 9.17) is 16.1 Å². The van der Waals surface area contributed by atoms with E-state index >= 15 is 0 Å². The van der Waals surface area contributed by atoms with Crippen molar-refractivity contribution in [3.63, 3.8) is 0 Å². The lowest BCUT2D eigenvalue weighted by atomic mass is 9.79. The molecular weight excluding hydrogens is 582 g/mol. The van der Waals surface area contributed by atoms with Gasteiger partial charge in [-0.2, -0.15) is 0 Å². The highest BCUT2D eigenvalue weighted by atomic mass is 16.2. The summed E-state index contributed by atoms with van der Waals surface area (Å²) in [6.07, 6.45) is 18.8. The molecule has 1 fully saturated rings. The molecule has 2 aliphatic rings. The second kappa shape index (κ2) is 22.7. The smallest absolute Gasteiger partial charge is 0.255 e. The van der Waals surface area contributed by atoms with Crippen LogP contribution in [0.2, 0.25) is 0 Å². The zero-order valence-corrected chi connectivity index (χ0v) is 31.0. The highest BCUT2D eigenvalue weighted by Gasteiger charge is 2.25. The lowest BCUT2D eigenvalue weighted by Gasteiger charge is -2.34. The summed E-state index contributed by atoms with van der Waals surface area (Å²) < 4.78 is 0. The molecule has 0 unspecified atom stereocenters. The average Bonchev–Trinajstić information content (AvgIpc) is 3.10. The van der Waals surface area contributed by atoms with Crippen molar-refractivity contribution in [2.24, 2.45) is 4.99 Å². The molecule has 0 radical (unpaired) electrons. The van der Waals surface area contributed by atoms with Crippen molar-refractivity contribution in [1.29, 1.82) is 5.41 Å². The number of nitrogens with two attached hydrogens (primary N) is 1. The van der Waals surface area contributed by atoms with E-state index in [0.29, 0.717) is 37.4 Å². The first-order chi connectivity index (χ1) is 22.7. The summed E-state index contributed by atoms with van der Waals surface area (Å²) in [6, 6.07) is 3.94. The molecule has 47 heavy (non-hydrogen) atoms. The lowest BCUT2D eigenvalue weighted by Crippen LogP contribution is -2.50. The SMILES string of the molecule is CC.CCCC.C\C=C(/C=N\C(=C\CC)C(=C/CCC)\C1=C(c2c(C)ccc(N)c2C=N)CCCC1)C(=O)N1CCN(C(C)=O)CC1. The number of amides is 2. The van der Waals surface area contributed by atoms with Crippen LogP contribution >= 0.6 is 0 Å². The maximum absolute atomic E-state index is 13.4. The molecule has 1 aliphatic carbocycles. The number of unbranched alkanes of at least 4 members (excludes halogenated alkanes) is 2. The van der Waals surface area contributed by atoms with Gasteiger partial charge in [-0.1, -0.05) is 85.1 Å². The number of carbonyl (C=O) groups is 2. The molecule has 1 heterocycles. The predicted octanol–water partition coefficient (Wildman–Crippen LogP) is 9.46. The summed E-state index contributed by atoms with van der Waals surface area (Å²) in [4.78, 5) is 33.7. The molecule has 7 nitrogen and oxygen atoms in total. The monoisotopic (exact) mass is 645 g/mol. The number of nitrogen functional groups attached to an aromatic ring is 1. The zero-order valence-electron chi connectivity index (χ0n) is 31.0. The Bertz CT molecular complexity index is 1320. The zero-order chi connectivity index (χ0) is 35.4. The van der Waals surface area contributed by atoms with E-state index in [1.54, 1.807) is 22.9 Å². The molecule has 0 aromatic heterocycles. The van der Waals surface area contributed by atoms with E-state index < -0.39 is 0 Å². The second-order valence-corrected chi connectivity index (χ2v) is 11.8. The number of carbonyl (C=O) groups excluding carboxylic acids is 2. The molecule has 3 rings (SSSR count). The van der Waals surface area contributed by atoms with Crippen LogP contribution in [0.4, 0.5) is 5.69 Å². The second-order valence-electron chi connectivity index (χ2n) is 11.8. The number of rotatable bonds is 11. The molecule has 1 aromatic rings. The van der Waals surface area contributed by atoms with Gasteiger partial charge in [-0.15, -0.1) is 0 Å². The Hall–Kier alpha value is -3.74. The summed E-state index contributed by atoms with van der Waals surface area (Å²) in [7, 11) is 0. The van der Waals surface area contributed by atoms with Gasteiger partial charge in [-0.05, 0) is 86.3 Å². The Kier molecular flexibility index (Phi) is 20.0. The third kappa shape index (κ3) is 12.1. The van der Waals surface area contributed by atoms with Gasteiger partial charge in [0.1, 0.15) is 0 Å². The van der Waals surface area contributed by atoms with Crippen LogP contribution < -0.4 is 5.73 Å². The molecule has 3 N–H and O–H groups in total. The van der Waals surface area contributed by atoms with Gasteiger partial charge in [0.2, 0.25) is 5.91 Å². The molecule has 1 aromatic carbocycles. The maximum Gasteiger partial charge on any atom is 0.255 e. The fourth-order valence-electron chi connectivity index (χ4n) is 5.68. The topological polar surface area (TPSA) is 103 Å². The molecule has 2 amide bonds. The normalized spacial score (nSPS) is 16.0. The van der Waals surface area contributed by atoms with Gasteiger partial charge in [-0.25, -0.2) is 0 Å². The summed E-state index contributed by atoms with van der Waals surface area (Å²) in [6.45, 7) is 20.3. The van der Waals surface area contributed by atoms with E-state index in [0.717, 1.165) is 72.9 Å². The van der Waals surface area contributed by atoms with E-state index in [9.17, 15) is 9.59 Å².